The number of halogens is 1. The highest BCUT2D eigenvalue weighted by Crippen LogP contribution is 2.33. The van der Waals surface area contributed by atoms with Crippen LogP contribution in [0.1, 0.15) is 0 Å². The Morgan fingerprint density at radius 3 is 2.73 bits per heavy atom. The first kappa shape index (κ1) is 7.28. The Morgan fingerprint density at radius 1 is 1.27 bits per heavy atom. The topological polar surface area (TPSA) is 12.9 Å². The molecular weight excluding hydrogens is 198 g/mol. The first-order valence-electron chi connectivity index (χ1n) is 3.01. The summed E-state index contributed by atoms with van der Waals surface area (Å²) in [5, 5.41) is 5.72. The third kappa shape index (κ3) is 1.31. The van der Waals surface area contributed by atoms with Crippen molar-refractivity contribution >= 4 is 34.3 Å². The van der Waals surface area contributed by atoms with Gasteiger partial charge in [-0.25, -0.2) is 4.98 Å². The minimum Gasteiger partial charge on any atom is -0.244 e. The molecule has 0 bridgehead atoms. The molecule has 0 unspecified atom stereocenters. The van der Waals surface area contributed by atoms with E-state index in [1.54, 1.807) is 28.9 Å². The van der Waals surface area contributed by atoms with Crippen LogP contribution in [0.2, 0.25) is 5.02 Å². The van der Waals surface area contributed by atoms with Crippen LogP contribution >= 0.6 is 34.3 Å². The van der Waals surface area contributed by atoms with Crippen LogP contribution < -0.4 is 0 Å². The monoisotopic (exact) mass is 201 g/mol. The largest absolute Gasteiger partial charge is 0.244 e. The van der Waals surface area contributed by atoms with Crippen LogP contribution in [-0.2, 0) is 0 Å². The van der Waals surface area contributed by atoms with Crippen LogP contribution in [0, 0.1) is 0 Å². The molecule has 2 aromatic rings. The van der Waals surface area contributed by atoms with E-state index in [0.29, 0.717) is 0 Å². The predicted octanol–water partition coefficient (Wildman–Crippen LogP) is 3.53. The number of hydrogen-bond donors (Lipinski definition) is 0. The molecule has 0 amide bonds. The summed E-state index contributed by atoms with van der Waals surface area (Å²) in [5.41, 5.74) is 0. The second kappa shape index (κ2) is 2.93. The zero-order valence-corrected chi connectivity index (χ0v) is 7.84. The van der Waals surface area contributed by atoms with Gasteiger partial charge in [0.25, 0.3) is 0 Å². The summed E-state index contributed by atoms with van der Waals surface area (Å²) in [5.74, 6) is 0. The number of thiophene rings is 1. The molecule has 0 saturated carbocycles. The van der Waals surface area contributed by atoms with E-state index in [-0.39, 0.29) is 0 Å². The summed E-state index contributed by atoms with van der Waals surface area (Å²) < 4.78 is 0. The first-order valence-corrected chi connectivity index (χ1v) is 5.14. The van der Waals surface area contributed by atoms with Gasteiger partial charge in [0.1, 0.15) is 5.01 Å². The Bertz CT molecular complexity index is 339. The smallest absolute Gasteiger partial charge is 0.134 e. The molecule has 0 aromatic carbocycles. The van der Waals surface area contributed by atoms with Gasteiger partial charge in [0.05, 0.1) is 9.90 Å². The summed E-state index contributed by atoms with van der Waals surface area (Å²) in [6.45, 7) is 0. The average Bonchev–Trinajstić information content (AvgIpc) is 2.55. The lowest BCUT2D eigenvalue weighted by atomic mass is 10.5. The summed E-state index contributed by atoms with van der Waals surface area (Å²) in [6.07, 6.45) is 1.79. The molecule has 0 aliphatic carbocycles. The average molecular weight is 202 g/mol. The number of nitrogens with zero attached hydrogens (tertiary/aromatic N) is 1. The summed E-state index contributed by atoms with van der Waals surface area (Å²) in [4.78, 5) is 5.24. The van der Waals surface area contributed by atoms with Gasteiger partial charge in [0.2, 0.25) is 0 Å². The van der Waals surface area contributed by atoms with Crippen molar-refractivity contribution in [2.75, 3.05) is 0 Å². The fourth-order valence-electron chi connectivity index (χ4n) is 0.782. The van der Waals surface area contributed by atoms with E-state index < -0.39 is 0 Å². The van der Waals surface area contributed by atoms with Crippen molar-refractivity contribution in [1.82, 2.24) is 4.98 Å². The maximum absolute atomic E-state index is 5.91. The molecule has 0 atom stereocenters. The molecule has 2 heterocycles. The van der Waals surface area contributed by atoms with Gasteiger partial charge < -0.3 is 0 Å². The maximum atomic E-state index is 5.91. The normalized spacial score (nSPS) is 10.3. The zero-order valence-electron chi connectivity index (χ0n) is 5.45. The number of rotatable bonds is 1. The number of hydrogen-bond acceptors (Lipinski definition) is 3. The molecular formula is C7H4ClNS2. The van der Waals surface area contributed by atoms with E-state index in [2.05, 4.69) is 4.98 Å². The van der Waals surface area contributed by atoms with Gasteiger partial charge in [-0.2, -0.15) is 0 Å². The molecule has 0 fully saturated rings. The van der Waals surface area contributed by atoms with Crippen LogP contribution in [0.5, 0.6) is 0 Å². The van der Waals surface area contributed by atoms with Crippen molar-refractivity contribution in [3.05, 3.63) is 28.0 Å². The number of aromatic nitrogens is 1. The predicted molar refractivity (Wildman–Crippen MR) is 50.4 cm³/mol. The minimum absolute atomic E-state index is 0.796. The SMILES string of the molecule is Clc1ccsc1-c1nccs1. The van der Waals surface area contributed by atoms with Gasteiger partial charge in [-0.1, -0.05) is 11.6 Å². The number of thiazole rings is 1. The van der Waals surface area contributed by atoms with E-state index in [1.165, 1.54) is 0 Å². The quantitative estimate of drug-likeness (QED) is 0.688. The fraction of sp³-hybridized carbons (Fsp3) is 0. The van der Waals surface area contributed by atoms with E-state index in [0.717, 1.165) is 14.9 Å². The summed E-state index contributed by atoms with van der Waals surface area (Å²) in [7, 11) is 0. The van der Waals surface area contributed by atoms with Gasteiger partial charge >= 0.3 is 0 Å². The zero-order chi connectivity index (χ0) is 7.68. The molecule has 0 N–H and O–H groups in total. The Morgan fingerprint density at radius 2 is 2.18 bits per heavy atom. The van der Waals surface area contributed by atoms with E-state index >= 15 is 0 Å². The summed E-state index contributed by atoms with van der Waals surface area (Å²) in [6, 6.07) is 1.89. The lowest BCUT2D eigenvalue weighted by Crippen LogP contribution is -1.66. The van der Waals surface area contributed by atoms with Crippen molar-refractivity contribution in [2.45, 2.75) is 0 Å². The fourth-order valence-corrected chi connectivity index (χ4v) is 2.75. The van der Waals surface area contributed by atoms with E-state index in [1.807, 2.05) is 16.8 Å². The molecule has 1 nitrogen and oxygen atoms in total. The Kier molecular flexibility index (Phi) is 1.94. The van der Waals surface area contributed by atoms with Crippen LogP contribution in [-0.4, -0.2) is 4.98 Å². The van der Waals surface area contributed by atoms with Crippen LogP contribution in [0.3, 0.4) is 0 Å². The van der Waals surface area contributed by atoms with Crippen molar-refractivity contribution in [2.24, 2.45) is 0 Å². The maximum Gasteiger partial charge on any atom is 0.134 e. The minimum atomic E-state index is 0.796. The Hall–Kier alpha value is -0.380. The van der Waals surface area contributed by atoms with Crippen LogP contribution in [0.25, 0.3) is 9.88 Å². The van der Waals surface area contributed by atoms with Gasteiger partial charge in [-0.3, -0.25) is 0 Å². The lowest BCUT2D eigenvalue weighted by Gasteiger charge is -1.88. The molecule has 0 aliphatic heterocycles. The summed E-state index contributed by atoms with van der Waals surface area (Å²) >= 11 is 9.14. The molecule has 0 spiro atoms. The standard InChI is InChI=1S/C7H4ClNS2/c8-5-1-3-10-6(5)7-9-2-4-11-7/h1-4H. The van der Waals surface area contributed by atoms with Crippen molar-refractivity contribution in [1.29, 1.82) is 0 Å². The van der Waals surface area contributed by atoms with Gasteiger partial charge in [0, 0.05) is 11.6 Å². The first-order chi connectivity index (χ1) is 5.38. The van der Waals surface area contributed by atoms with E-state index in [4.69, 9.17) is 11.6 Å². The van der Waals surface area contributed by atoms with Gasteiger partial charge in [-0.05, 0) is 11.4 Å². The van der Waals surface area contributed by atoms with Crippen LogP contribution in [0.15, 0.2) is 23.0 Å². The third-order valence-corrected chi connectivity index (χ3v) is 3.51. The van der Waals surface area contributed by atoms with Crippen molar-refractivity contribution in [3.8, 4) is 9.88 Å². The van der Waals surface area contributed by atoms with Crippen molar-refractivity contribution in [3.63, 3.8) is 0 Å². The highest BCUT2D eigenvalue weighted by Gasteiger charge is 2.05. The third-order valence-electron chi connectivity index (χ3n) is 1.24. The molecule has 0 aliphatic rings. The molecule has 2 aromatic heterocycles. The second-order valence-electron chi connectivity index (χ2n) is 1.93. The highest BCUT2D eigenvalue weighted by atomic mass is 35.5. The van der Waals surface area contributed by atoms with Gasteiger partial charge in [-0.15, -0.1) is 22.7 Å². The highest BCUT2D eigenvalue weighted by molar-refractivity contribution is 7.20. The van der Waals surface area contributed by atoms with Gasteiger partial charge in [0.15, 0.2) is 0 Å². The van der Waals surface area contributed by atoms with E-state index in [9.17, 15) is 0 Å². The molecule has 0 radical (unpaired) electrons. The molecule has 2 rings (SSSR count). The van der Waals surface area contributed by atoms with Crippen molar-refractivity contribution < 1.29 is 0 Å². The molecule has 4 heteroatoms. The Labute approximate surface area is 77.3 Å². The second-order valence-corrected chi connectivity index (χ2v) is 4.15. The Balaban J connectivity index is 2.53. The molecule has 56 valence electrons. The molecule has 0 saturated heterocycles. The molecule has 11 heavy (non-hydrogen) atoms. The van der Waals surface area contributed by atoms with Crippen LogP contribution in [0.4, 0.5) is 0 Å². The lowest BCUT2D eigenvalue weighted by molar-refractivity contribution is 1.43.